The summed E-state index contributed by atoms with van der Waals surface area (Å²) in [6.07, 6.45) is 12.0. The number of anilines is 6. The van der Waals surface area contributed by atoms with Gasteiger partial charge in [-0.25, -0.2) is 13.4 Å². The average Bonchev–Trinajstić information content (AvgIpc) is 3.56. The van der Waals surface area contributed by atoms with Crippen molar-refractivity contribution in [3.8, 4) is 16.9 Å². The van der Waals surface area contributed by atoms with Crippen molar-refractivity contribution in [3.05, 3.63) is 60.8 Å². The first-order chi connectivity index (χ1) is 24.5. The maximum atomic E-state index is 12.3. The van der Waals surface area contributed by atoms with Crippen LogP contribution < -0.4 is 25.0 Å². The van der Waals surface area contributed by atoms with Gasteiger partial charge in [-0.05, 0) is 45.0 Å². The van der Waals surface area contributed by atoms with Crippen molar-refractivity contribution in [2.24, 2.45) is 7.05 Å². The molecule has 2 aromatic carbocycles. The van der Waals surface area contributed by atoms with Crippen LogP contribution in [0.5, 0.6) is 5.75 Å². The Morgan fingerprint density at radius 3 is 2.37 bits per heavy atom. The molecule has 268 valence electrons. The number of ether oxygens (including phenoxy) is 1. The maximum Gasteiger partial charge on any atom is 0.229 e. The topological polar surface area (TPSA) is 159 Å². The maximum absolute atomic E-state index is 12.3. The van der Waals surface area contributed by atoms with E-state index in [2.05, 4.69) is 69.3 Å². The number of nitrogens with zero attached hydrogens (tertiary/aromatic N) is 9. The van der Waals surface area contributed by atoms with Crippen LogP contribution in [0.2, 0.25) is 0 Å². The molecular weight excluding hydrogens is 669 g/mol. The van der Waals surface area contributed by atoms with Gasteiger partial charge in [-0.15, -0.1) is 0 Å². The molecule has 0 radical (unpaired) electrons. The van der Waals surface area contributed by atoms with Gasteiger partial charge in [0.1, 0.15) is 17.1 Å². The summed E-state index contributed by atoms with van der Waals surface area (Å²) in [5.41, 5.74) is 6.29. The molecular formula is C35H44N12O3S. The van der Waals surface area contributed by atoms with Crippen molar-refractivity contribution in [2.75, 3.05) is 79.9 Å². The number of piperazine rings is 1. The molecule has 5 aromatic rings. The summed E-state index contributed by atoms with van der Waals surface area (Å²) in [6.45, 7) is 8.28. The van der Waals surface area contributed by atoms with Gasteiger partial charge in [0, 0.05) is 106 Å². The van der Waals surface area contributed by atoms with E-state index in [4.69, 9.17) is 9.72 Å². The fourth-order valence-corrected chi connectivity index (χ4v) is 7.43. The van der Waals surface area contributed by atoms with Crippen LogP contribution in [0.1, 0.15) is 18.4 Å². The molecule has 0 atom stereocenters. The first-order valence-electron chi connectivity index (χ1n) is 17.0. The summed E-state index contributed by atoms with van der Waals surface area (Å²) in [7, 11) is 2.15. The predicted molar refractivity (Wildman–Crippen MR) is 201 cm³/mol. The number of piperidine rings is 1. The van der Waals surface area contributed by atoms with Gasteiger partial charge >= 0.3 is 0 Å². The molecule has 0 unspecified atom stereocenters. The number of hydrogen-bond donors (Lipinski definition) is 3. The third kappa shape index (κ3) is 7.67. The molecule has 5 heterocycles. The summed E-state index contributed by atoms with van der Waals surface area (Å²) in [5, 5.41) is 11.1. The summed E-state index contributed by atoms with van der Waals surface area (Å²) in [5.74, 6) is 1.47. The SMILES string of the molecule is COc1cc(N2CCC(N3CCN(C)CC3)CC2)c(-c2cnn(C)c2)cc1Nc1ncc(C)c(Nc2ccc3nccnc3c2NS(C)(=O)=O)n1. The number of methoxy groups -OCH3 is 1. The molecule has 7 rings (SSSR count). The van der Waals surface area contributed by atoms with E-state index >= 15 is 0 Å². The van der Waals surface area contributed by atoms with Crippen LogP contribution in [0, 0.1) is 6.92 Å². The van der Waals surface area contributed by atoms with Crippen molar-refractivity contribution >= 4 is 55.6 Å². The van der Waals surface area contributed by atoms with E-state index in [1.165, 1.54) is 6.20 Å². The first kappa shape index (κ1) is 34.4. The van der Waals surface area contributed by atoms with Crippen LogP contribution in [0.3, 0.4) is 0 Å². The molecule has 0 amide bonds. The van der Waals surface area contributed by atoms with E-state index in [0.29, 0.717) is 46.0 Å². The highest BCUT2D eigenvalue weighted by molar-refractivity contribution is 7.92. The smallest absolute Gasteiger partial charge is 0.229 e. The molecule has 0 bridgehead atoms. The Hall–Kier alpha value is -5.06. The zero-order chi connectivity index (χ0) is 35.7. The fourth-order valence-electron chi connectivity index (χ4n) is 6.85. The Balaban J connectivity index is 1.18. The van der Waals surface area contributed by atoms with Gasteiger partial charge < -0.3 is 25.2 Å². The number of likely N-dealkylation sites (N-methyl/N-ethyl adjacent to an activating group) is 1. The van der Waals surface area contributed by atoms with Gasteiger partial charge in [0.15, 0.2) is 0 Å². The zero-order valence-corrected chi connectivity index (χ0v) is 30.4. The second-order valence-corrected chi connectivity index (χ2v) is 15.0. The number of fused-ring (bicyclic) bond motifs is 1. The first-order valence-corrected chi connectivity index (χ1v) is 18.9. The minimum absolute atomic E-state index is 0.279. The molecule has 0 saturated carbocycles. The van der Waals surface area contributed by atoms with Crippen LogP contribution in [0.15, 0.2) is 55.2 Å². The minimum Gasteiger partial charge on any atom is -0.494 e. The lowest BCUT2D eigenvalue weighted by molar-refractivity contribution is 0.0982. The van der Waals surface area contributed by atoms with Crippen molar-refractivity contribution in [3.63, 3.8) is 0 Å². The molecule has 0 aliphatic carbocycles. The average molecular weight is 713 g/mol. The summed E-state index contributed by atoms with van der Waals surface area (Å²) in [6, 6.07) is 8.28. The molecule has 2 aliphatic heterocycles. The number of sulfonamides is 1. The Bertz CT molecular complexity index is 2140. The zero-order valence-electron chi connectivity index (χ0n) is 29.6. The lowest BCUT2D eigenvalue weighted by Gasteiger charge is -2.43. The second-order valence-electron chi connectivity index (χ2n) is 13.3. The van der Waals surface area contributed by atoms with E-state index < -0.39 is 10.0 Å². The van der Waals surface area contributed by atoms with E-state index in [9.17, 15) is 8.42 Å². The van der Waals surface area contributed by atoms with Crippen LogP contribution in [-0.2, 0) is 17.1 Å². The van der Waals surface area contributed by atoms with E-state index in [-0.39, 0.29) is 5.69 Å². The van der Waals surface area contributed by atoms with Crippen LogP contribution in [-0.4, -0.2) is 114 Å². The lowest BCUT2D eigenvalue weighted by Crippen LogP contribution is -2.52. The highest BCUT2D eigenvalue weighted by atomic mass is 32.2. The largest absolute Gasteiger partial charge is 0.494 e. The second kappa shape index (κ2) is 14.3. The molecule has 3 aromatic heterocycles. The van der Waals surface area contributed by atoms with Crippen molar-refractivity contribution in [1.82, 2.24) is 39.5 Å². The quantitative estimate of drug-likeness (QED) is 0.189. The van der Waals surface area contributed by atoms with E-state index in [1.807, 2.05) is 31.0 Å². The molecule has 2 fully saturated rings. The Labute approximate surface area is 298 Å². The van der Waals surface area contributed by atoms with Crippen molar-refractivity contribution in [2.45, 2.75) is 25.8 Å². The van der Waals surface area contributed by atoms with Crippen molar-refractivity contribution < 1.29 is 13.2 Å². The third-order valence-corrected chi connectivity index (χ3v) is 10.2. The lowest BCUT2D eigenvalue weighted by atomic mass is 9.98. The number of aryl methyl sites for hydroxylation is 2. The molecule has 2 saturated heterocycles. The molecule has 0 spiro atoms. The predicted octanol–water partition coefficient (Wildman–Crippen LogP) is 4.21. The van der Waals surface area contributed by atoms with Crippen molar-refractivity contribution in [1.29, 1.82) is 0 Å². The van der Waals surface area contributed by atoms with Crippen LogP contribution >= 0.6 is 0 Å². The Morgan fingerprint density at radius 1 is 0.902 bits per heavy atom. The summed E-state index contributed by atoms with van der Waals surface area (Å²) < 4.78 is 35.0. The molecule has 15 nitrogen and oxygen atoms in total. The monoisotopic (exact) mass is 712 g/mol. The molecule has 51 heavy (non-hydrogen) atoms. The van der Waals surface area contributed by atoms with Gasteiger partial charge in [0.25, 0.3) is 0 Å². The minimum atomic E-state index is -3.63. The number of benzene rings is 2. The Morgan fingerprint density at radius 2 is 1.67 bits per heavy atom. The standard InChI is InChI=1S/C35H44N12O3S/c1-23-20-38-35(42-34(23)40-28-7-6-27-32(37-11-10-36-27)33(28)43-51(5,48)49)41-29-18-26(24-21-39-45(3)22-24)30(19-31(29)50-4)47-12-8-25(9-13-47)46-16-14-44(2)15-17-46/h6-7,10-11,18-22,25,43H,8-9,12-17H2,1-5H3,(H2,38,40,41,42). The van der Waals surface area contributed by atoms with Crippen LogP contribution in [0.25, 0.3) is 22.2 Å². The molecule has 16 heteroatoms. The highest BCUT2D eigenvalue weighted by Gasteiger charge is 2.29. The van der Waals surface area contributed by atoms with Gasteiger partial charge in [0.05, 0.1) is 42.1 Å². The molecule has 3 N–H and O–H groups in total. The third-order valence-electron chi connectivity index (χ3n) is 9.59. The summed E-state index contributed by atoms with van der Waals surface area (Å²) in [4.78, 5) is 25.6. The highest BCUT2D eigenvalue weighted by Crippen LogP contribution is 2.41. The number of hydrogen-bond acceptors (Lipinski definition) is 13. The van der Waals surface area contributed by atoms with Gasteiger partial charge in [0.2, 0.25) is 16.0 Å². The summed E-state index contributed by atoms with van der Waals surface area (Å²) >= 11 is 0. The molecule has 2 aliphatic rings. The number of nitrogens with one attached hydrogen (secondary N) is 3. The normalized spacial score (nSPS) is 16.4. The fraction of sp³-hybridized carbons (Fsp3) is 0.400. The van der Waals surface area contributed by atoms with Crippen LogP contribution in [0.4, 0.5) is 34.5 Å². The number of rotatable bonds is 10. The number of aromatic nitrogens is 6. The Kier molecular flexibility index (Phi) is 9.63. The van der Waals surface area contributed by atoms with E-state index in [0.717, 1.165) is 80.7 Å². The van der Waals surface area contributed by atoms with Gasteiger partial charge in [-0.1, -0.05) is 0 Å². The van der Waals surface area contributed by atoms with Gasteiger partial charge in [-0.3, -0.25) is 24.3 Å². The van der Waals surface area contributed by atoms with Gasteiger partial charge in [-0.2, -0.15) is 10.1 Å². The van der Waals surface area contributed by atoms with E-state index in [1.54, 1.807) is 31.6 Å².